The minimum atomic E-state index is -0.501. The maximum atomic E-state index is 11.9. The van der Waals surface area contributed by atoms with E-state index in [1.807, 2.05) is 41.6 Å². The molecule has 0 aliphatic heterocycles. The first kappa shape index (κ1) is 15.8. The molecule has 0 aliphatic carbocycles. The summed E-state index contributed by atoms with van der Waals surface area (Å²) in [6, 6.07) is 4.28. The number of nitrogens with one attached hydrogen (secondary N) is 1. The molecule has 1 aromatic rings. The van der Waals surface area contributed by atoms with Crippen LogP contribution in [0.1, 0.15) is 16.8 Å². The summed E-state index contributed by atoms with van der Waals surface area (Å²) in [6.07, 6.45) is 0.838. The Morgan fingerprint density at radius 1 is 1.47 bits per heavy atom. The molecule has 104 valence electrons. The molecule has 0 radical (unpaired) electrons. The Labute approximate surface area is 125 Å². The highest BCUT2D eigenvalue weighted by Crippen LogP contribution is 2.19. The summed E-state index contributed by atoms with van der Waals surface area (Å²) in [5.41, 5.74) is 0.276. The van der Waals surface area contributed by atoms with Crippen molar-refractivity contribution in [2.45, 2.75) is 6.42 Å². The fourth-order valence-corrected chi connectivity index (χ4v) is 2.07. The Hall–Kier alpha value is -1.22. The first-order chi connectivity index (χ1) is 8.91. The van der Waals surface area contributed by atoms with E-state index in [1.165, 1.54) is 12.1 Å². The highest BCUT2D eigenvalue weighted by molar-refractivity contribution is 14.1. The molecule has 0 bridgehead atoms. The van der Waals surface area contributed by atoms with E-state index in [2.05, 4.69) is 5.32 Å². The van der Waals surface area contributed by atoms with Crippen molar-refractivity contribution in [3.63, 3.8) is 0 Å². The second-order valence-electron chi connectivity index (χ2n) is 4.33. The normalized spacial score (nSPS) is 10.5. The molecule has 0 fully saturated rings. The van der Waals surface area contributed by atoms with Gasteiger partial charge in [0.25, 0.3) is 11.6 Å². The molecule has 0 saturated heterocycles. The van der Waals surface area contributed by atoms with E-state index in [0.717, 1.165) is 13.0 Å². The maximum absolute atomic E-state index is 11.9. The van der Waals surface area contributed by atoms with Crippen LogP contribution in [0.4, 0.5) is 5.69 Å². The molecule has 1 N–H and O–H groups in total. The van der Waals surface area contributed by atoms with Crippen molar-refractivity contribution in [3.05, 3.63) is 37.4 Å². The fraction of sp³-hybridized carbons (Fsp3) is 0.417. The van der Waals surface area contributed by atoms with E-state index in [-0.39, 0.29) is 11.6 Å². The van der Waals surface area contributed by atoms with Crippen LogP contribution < -0.4 is 5.32 Å². The predicted octanol–water partition coefficient (Wildman–Crippen LogP) is 1.88. The number of benzene rings is 1. The van der Waals surface area contributed by atoms with Gasteiger partial charge in [-0.3, -0.25) is 14.9 Å². The second kappa shape index (κ2) is 7.39. The minimum absolute atomic E-state index is 0.0705. The number of hydrogen-bond donors (Lipinski definition) is 1. The lowest BCUT2D eigenvalue weighted by molar-refractivity contribution is -0.384. The molecule has 1 aromatic carbocycles. The van der Waals surface area contributed by atoms with Crippen molar-refractivity contribution < 1.29 is 9.72 Å². The lowest BCUT2D eigenvalue weighted by Gasteiger charge is -2.10. The van der Waals surface area contributed by atoms with Gasteiger partial charge in [-0.1, -0.05) is 0 Å². The zero-order valence-corrected chi connectivity index (χ0v) is 13.0. The van der Waals surface area contributed by atoms with Crippen molar-refractivity contribution >= 4 is 34.2 Å². The molecule has 7 heteroatoms. The number of hydrogen-bond acceptors (Lipinski definition) is 4. The van der Waals surface area contributed by atoms with Gasteiger partial charge in [0.15, 0.2) is 0 Å². The molecule has 0 saturated carbocycles. The van der Waals surface area contributed by atoms with Crippen LogP contribution in [0.15, 0.2) is 18.2 Å². The van der Waals surface area contributed by atoms with E-state index >= 15 is 0 Å². The molecule has 0 heterocycles. The van der Waals surface area contributed by atoms with Crippen LogP contribution in [0.25, 0.3) is 0 Å². The molecule has 6 nitrogen and oxygen atoms in total. The lowest BCUT2D eigenvalue weighted by atomic mass is 10.2. The Bertz CT molecular complexity index is 477. The van der Waals surface area contributed by atoms with Crippen molar-refractivity contribution in [2.75, 3.05) is 27.2 Å². The SMILES string of the molecule is CN(C)CCCNC(=O)c1cc([N+](=O)[O-])ccc1I. The third kappa shape index (κ3) is 5.11. The summed E-state index contributed by atoms with van der Waals surface area (Å²) in [4.78, 5) is 24.2. The van der Waals surface area contributed by atoms with Crippen LogP contribution in [0.5, 0.6) is 0 Å². The zero-order chi connectivity index (χ0) is 14.4. The molecule has 0 aliphatic rings. The summed E-state index contributed by atoms with van der Waals surface area (Å²) in [5, 5.41) is 13.5. The summed E-state index contributed by atoms with van der Waals surface area (Å²) in [7, 11) is 3.93. The number of non-ortho nitro benzene ring substituents is 1. The number of rotatable bonds is 6. The monoisotopic (exact) mass is 377 g/mol. The molecular weight excluding hydrogens is 361 g/mol. The van der Waals surface area contributed by atoms with Gasteiger partial charge < -0.3 is 10.2 Å². The van der Waals surface area contributed by atoms with Crippen LogP contribution >= 0.6 is 22.6 Å². The quantitative estimate of drug-likeness (QED) is 0.356. The molecule has 0 atom stereocenters. The first-order valence-corrected chi connectivity index (χ1v) is 6.86. The number of carbonyl (C=O) groups excluding carboxylic acids is 1. The molecule has 0 spiro atoms. The van der Waals surface area contributed by atoms with E-state index in [1.54, 1.807) is 6.07 Å². The third-order valence-corrected chi connectivity index (χ3v) is 3.41. The van der Waals surface area contributed by atoms with Crippen LogP contribution in [0.3, 0.4) is 0 Å². The van der Waals surface area contributed by atoms with Crippen molar-refractivity contribution in [1.29, 1.82) is 0 Å². The molecule has 19 heavy (non-hydrogen) atoms. The Morgan fingerprint density at radius 3 is 2.74 bits per heavy atom. The van der Waals surface area contributed by atoms with Gasteiger partial charge in [-0.25, -0.2) is 0 Å². The third-order valence-electron chi connectivity index (χ3n) is 2.47. The maximum Gasteiger partial charge on any atom is 0.270 e. The van der Waals surface area contributed by atoms with Crippen LogP contribution in [0.2, 0.25) is 0 Å². The highest BCUT2D eigenvalue weighted by atomic mass is 127. The van der Waals surface area contributed by atoms with Gasteiger partial charge in [0, 0.05) is 22.2 Å². The summed E-state index contributed by atoms with van der Waals surface area (Å²) in [6.45, 7) is 1.43. The van der Waals surface area contributed by atoms with Gasteiger partial charge in [0.1, 0.15) is 0 Å². The minimum Gasteiger partial charge on any atom is -0.352 e. The number of nitro benzene ring substituents is 1. The Balaban J connectivity index is 2.66. The topological polar surface area (TPSA) is 75.5 Å². The van der Waals surface area contributed by atoms with Gasteiger partial charge in [0.05, 0.1) is 10.5 Å². The fourth-order valence-electron chi connectivity index (χ4n) is 1.49. The number of amides is 1. The first-order valence-electron chi connectivity index (χ1n) is 5.78. The standard InChI is InChI=1S/C12H16IN3O3/c1-15(2)7-3-6-14-12(17)10-8-9(16(18)19)4-5-11(10)13/h4-5,8H,3,6-7H2,1-2H3,(H,14,17). The average Bonchev–Trinajstić information content (AvgIpc) is 2.34. The molecule has 0 unspecified atom stereocenters. The predicted molar refractivity (Wildman–Crippen MR) is 81.3 cm³/mol. The second-order valence-corrected chi connectivity index (χ2v) is 5.50. The smallest absolute Gasteiger partial charge is 0.270 e. The molecular formula is C12H16IN3O3. The van der Waals surface area contributed by atoms with Crippen LogP contribution in [-0.2, 0) is 0 Å². The summed E-state index contributed by atoms with van der Waals surface area (Å²) in [5.74, 6) is -0.271. The number of carbonyl (C=O) groups is 1. The van der Waals surface area contributed by atoms with E-state index in [0.29, 0.717) is 15.7 Å². The van der Waals surface area contributed by atoms with E-state index < -0.39 is 4.92 Å². The van der Waals surface area contributed by atoms with Crippen molar-refractivity contribution in [3.8, 4) is 0 Å². The summed E-state index contributed by atoms with van der Waals surface area (Å²) >= 11 is 2.00. The molecule has 0 aromatic heterocycles. The number of nitrogens with zero attached hydrogens (tertiary/aromatic N) is 2. The average molecular weight is 377 g/mol. The number of nitro groups is 1. The Morgan fingerprint density at radius 2 is 2.16 bits per heavy atom. The van der Waals surface area contributed by atoms with E-state index in [4.69, 9.17) is 0 Å². The lowest BCUT2D eigenvalue weighted by Crippen LogP contribution is -2.27. The highest BCUT2D eigenvalue weighted by Gasteiger charge is 2.14. The number of halogens is 1. The van der Waals surface area contributed by atoms with Gasteiger partial charge in [-0.2, -0.15) is 0 Å². The van der Waals surface area contributed by atoms with Gasteiger partial charge >= 0.3 is 0 Å². The molecule has 1 amide bonds. The molecule has 1 rings (SSSR count). The van der Waals surface area contributed by atoms with Crippen LogP contribution in [-0.4, -0.2) is 42.9 Å². The largest absolute Gasteiger partial charge is 0.352 e. The van der Waals surface area contributed by atoms with Gasteiger partial charge in [-0.05, 0) is 55.7 Å². The van der Waals surface area contributed by atoms with Gasteiger partial charge in [0.2, 0.25) is 0 Å². The zero-order valence-electron chi connectivity index (χ0n) is 10.9. The van der Waals surface area contributed by atoms with Crippen molar-refractivity contribution in [1.82, 2.24) is 10.2 Å². The van der Waals surface area contributed by atoms with Crippen molar-refractivity contribution in [2.24, 2.45) is 0 Å². The van der Waals surface area contributed by atoms with E-state index in [9.17, 15) is 14.9 Å². The Kier molecular flexibility index (Phi) is 6.16. The van der Waals surface area contributed by atoms with Gasteiger partial charge in [-0.15, -0.1) is 0 Å². The summed E-state index contributed by atoms with van der Waals surface area (Å²) < 4.78 is 0.702. The van der Waals surface area contributed by atoms with Crippen LogP contribution in [0, 0.1) is 13.7 Å².